The third kappa shape index (κ3) is 40.0. The molecule has 0 fully saturated rings. The molecule has 0 aromatic rings. The van der Waals surface area contributed by atoms with Gasteiger partial charge in [-0.05, 0) is 57.8 Å². The molecule has 0 heterocycles. The highest BCUT2D eigenvalue weighted by atomic mass is 16.5. The zero-order valence-corrected chi connectivity index (χ0v) is 36.0. The highest BCUT2D eigenvalue weighted by Gasteiger charge is 2.20. The van der Waals surface area contributed by atoms with Gasteiger partial charge >= 0.3 is 5.97 Å². The molecule has 0 rings (SSSR count). The number of allylic oxidation sites excluding steroid dienone is 4. The van der Waals surface area contributed by atoms with Crippen molar-refractivity contribution < 1.29 is 24.5 Å². The summed E-state index contributed by atoms with van der Waals surface area (Å²) in [7, 11) is 0. The van der Waals surface area contributed by atoms with E-state index in [1.165, 1.54) is 141 Å². The maximum Gasteiger partial charge on any atom is 0.305 e. The first-order chi connectivity index (χ1) is 26.5. The van der Waals surface area contributed by atoms with Gasteiger partial charge in [-0.1, -0.05) is 199 Å². The summed E-state index contributed by atoms with van der Waals surface area (Å²) in [6.07, 6.45) is 49.9. The average Bonchev–Trinajstić information content (AvgIpc) is 3.17. The van der Waals surface area contributed by atoms with Crippen molar-refractivity contribution in [3.63, 3.8) is 0 Å². The summed E-state index contributed by atoms with van der Waals surface area (Å²) in [5.41, 5.74) is 0. The van der Waals surface area contributed by atoms with Crippen LogP contribution in [0.3, 0.4) is 0 Å². The molecule has 0 aliphatic carbocycles. The number of carbonyl (C=O) groups excluding carboxylic acids is 2. The lowest BCUT2D eigenvalue weighted by molar-refractivity contribution is -0.143. The van der Waals surface area contributed by atoms with Crippen molar-refractivity contribution in [1.29, 1.82) is 0 Å². The molecule has 54 heavy (non-hydrogen) atoms. The number of aliphatic hydroxyl groups is 2. The van der Waals surface area contributed by atoms with Gasteiger partial charge in [-0.25, -0.2) is 0 Å². The average molecular weight is 762 g/mol. The Morgan fingerprint density at radius 1 is 0.519 bits per heavy atom. The van der Waals surface area contributed by atoms with E-state index in [-0.39, 0.29) is 18.5 Å². The van der Waals surface area contributed by atoms with Gasteiger partial charge in [0.15, 0.2) is 0 Å². The fraction of sp³-hybridized carbons (Fsp3) is 0.875. The molecule has 6 heteroatoms. The Kier molecular flexibility index (Phi) is 42.7. The van der Waals surface area contributed by atoms with Gasteiger partial charge in [0.2, 0.25) is 5.91 Å². The Hall–Kier alpha value is -1.66. The van der Waals surface area contributed by atoms with Crippen LogP contribution in [0.2, 0.25) is 0 Å². The molecule has 0 aliphatic rings. The SMILES string of the molecule is CCCCCC/C=C\C/C=C\CCCCCCCC(=O)OCCCCCCCCCCCCCCC(=O)NC(CO)C(O)CCCCCCCCCCC. The summed E-state index contributed by atoms with van der Waals surface area (Å²) in [6, 6.07) is -0.551. The Morgan fingerprint density at radius 3 is 1.43 bits per heavy atom. The molecule has 0 saturated carbocycles. The van der Waals surface area contributed by atoms with E-state index in [2.05, 4.69) is 43.5 Å². The smallest absolute Gasteiger partial charge is 0.305 e. The largest absolute Gasteiger partial charge is 0.466 e. The molecule has 2 unspecified atom stereocenters. The van der Waals surface area contributed by atoms with Crippen LogP contribution in [0.5, 0.6) is 0 Å². The number of nitrogens with one attached hydrogen (secondary N) is 1. The van der Waals surface area contributed by atoms with Gasteiger partial charge in [0.1, 0.15) is 0 Å². The van der Waals surface area contributed by atoms with Crippen molar-refractivity contribution in [1.82, 2.24) is 5.32 Å². The molecule has 0 bridgehead atoms. The van der Waals surface area contributed by atoms with Gasteiger partial charge in [0.05, 0.1) is 25.4 Å². The third-order valence-corrected chi connectivity index (χ3v) is 10.8. The zero-order chi connectivity index (χ0) is 39.4. The lowest BCUT2D eigenvalue weighted by atomic mass is 10.0. The monoisotopic (exact) mass is 762 g/mol. The molecule has 3 N–H and O–H groups in total. The topological polar surface area (TPSA) is 95.9 Å². The highest BCUT2D eigenvalue weighted by molar-refractivity contribution is 5.76. The standard InChI is InChI=1S/C48H91NO5/c1-3-5-7-9-11-13-14-15-16-17-18-22-26-30-34-38-42-48(53)54-43-39-35-31-27-23-20-19-21-25-29-33-37-41-47(52)49-45(44-50)46(51)40-36-32-28-24-12-10-8-6-4-2/h13-14,16-17,45-46,50-51H,3-12,15,18-44H2,1-2H3,(H,49,52)/b14-13-,17-16-. The van der Waals surface area contributed by atoms with Crippen LogP contribution in [0.25, 0.3) is 0 Å². The highest BCUT2D eigenvalue weighted by Crippen LogP contribution is 2.15. The first-order valence-corrected chi connectivity index (χ1v) is 23.6. The predicted molar refractivity (Wildman–Crippen MR) is 232 cm³/mol. The number of aliphatic hydroxyl groups excluding tert-OH is 2. The van der Waals surface area contributed by atoms with Crippen LogP contribution in [0.1, 0.15) is 245 Å². The van der Waals surface area contributed by atoms with Gasteiger partial charge in [0, 0.05) is 12.8 Å². The molecule has 1 amide bonds. The molecular weight excluding hydrogens is 671 g/mol. The van der Waals surface area contributed by atoms with Crippen LogP contribution in [-0.4, -0.2) is 47.4 Å². The second kappa shape index (κ2) is 44.1. The molecule has 318 valence electrons. The molecule has 0 saturated heterocycles. The lowest BCUT2D eigenvalue weighted by Crippen LogP contribution is -2.45. The molecule has 0 aliphatic heterocycles. The van der Waals surface area contributed by atoms with E-state index in [0.29, 0.717) is 25.9 Å². The number of hydrogen-bond acceptors (Lipinski definition) is 5. The minimum absolute atomic E-state index is 0.0235. The number of ether oxygens (including phenoxy) is 1. The van der Waals surface area contributed by atoms with E-state index < -0.39 is 12.1 Å². The van der Waals surface area contributed by atoms with Gasteiger partial charge in [-0.15, -0.1) is 0 Å². The molecule has 0 radical (unpaired) electrons. The van der Waals surface area contributed by atoms with Gasteiger partial charge < -0.3 is 20.3 Å². The van der Waals surface area contributed by atoms with E-state index in [9.17, 15) is 19.8 Å². The van der Waals surface area contributed by atoms with Crippen molar-refractivity contribution in [2.45, 2.75) is 257 Å². The Balaban J connectivity index is 3.45. The molecule has 6 nitrogen and oxygen atoms in total. The van der Waals surface area contributed by atoms with E-state index >= 15 is 0 Å². The van der Waals surface area contributed by atoms with Crippen molar-refractivity contribution in [2.24, 2.45) is 0 Å². The summed E-state index contributed by atoms with van der Waals surface area (Å²) in [5.74, 6) is -0.0782. The summed E-state index contributed by atoms with van der Waals surface area (Å²) in [4.78, 5) is 24.4. The Morgan fingerprint density at radius 2 is 0.926 bits per heavy atom. The zero-order valence-electron chi connectivity index (χ0n) is 36.0. The number of unbranched alkanes of at least 4 members (excludes halogenated alkanes) is 28. The van der Waals surface area contributed by atoms with Crippen LogP contribution < -0.4 is 5.32 Å². The fourth-order valence-electron chi connectivity index (χ4n) is 7.08. The maximum atomic E-state index is 12.4. The van der Waals surface area contributed by atoms with Crippen LogP contribution in [-0.2, 0) is 14.3 Å². The number of amides is 1. The van der Waals surface area contributed by atoms with Crippen molar-refractivity contribution in [2.75, 3.05) is 13.2 Å². The van der Waals surface area contributed by atoms with Crippen molar-refractivity contribution in [3.8, 4) is 0 Å². The second-order valence-electron chi connectivity index (χ2n) is 16.1. The fourth-order valence-corrected chi connectivity index (χ4v) is 7.08. The Bertz CT molecular complexity index is 843. The summed E-state index contributed by atoms with van der Waals surface area (Å²) in [5, 5.41) is 23.0. The molecular formula is C48H91NO5. The minimum Gasteiger partial charge on any atom is -0.466 e. The first-order valence-electron chi connectivity index (χ1n) is 23.6. The second-order valence-corrected chi connectivity index (χ2v) is 16.1. The summed E-state index contributed by atoms with van der Waals surface area (Å²) < 4.78 is 5.45. The van der Waals surface area contributed by atoms with E-state index in [4.69, 9.17) is 4.74 Å². The van der Waals surface area contributed by atoms with Crippen LogP contribution in [0.4, 0.5) is 0 Å². The number of rotatable bonds is 43. The molecule has 2 atom stereocenters. The predicted octanol–water partition coefficient (Wildman–Crippen LogP) is 13.6. The first kappa shape index (κ1) is 52.3. The quantitative estimate of drug-likeness (QED) is 0.0327. The molecule has 0 aromatic heterocycles. The van der Waals surface area contributed by atoms with Crippen LogP contribution in [0, 0.1) is 0 Å². The third-order valence-electron chi connectivity index (χ3n) is 10.8. The lowest BCUT2D eigenvalue weighted by Gasteiger charge is -2.22. The van der Waals surface area contributed by atoms with E-state index in [1.807, 2.05) is 0 Å². The van der Waals surface area contributed by atoms with Gasteiger partial charge in [0.25, 0.3) is 0 Å². The summed E-state index contributed by atoms with van der Waals surface area (Å²) >= 11 is 0. The van der Waals surface area contributed by atoms with E-state index in [0.717, 1.165) is 70.6 Å². The Labute approximate surface area is 335 Å². The number of esters is 1. The maximum absolute atomic E-state index is 12.4. The molecule has 0 spiro atoms. The normalized spacial score (nSPS) is 12.9. The van der Waals surface area contributed by atoms with E-state index in [1.54, 1.807) is 0 Å². The van der Waals surface area contributed by atoms with Gasteiger partial charge in [-0.2, -0.15) is 0 Å². The van der Waals surface area contributed by atoms with Crippen LogP contribution in [0.15, 0.2) is 24.3 Å². The number of hydrogen-bond donors (Lipinski definition) is 3. The minimum atomic E-state index is -0.672. The van der Waals surface area contributed by atoms with Crippen molar-refractivity contribution >= 4 is 11.9 Å². The summed E-state index contributed by atoms with van der Waals surface area (Å²) in [6.45, 7) is 4.86. The number of carbonyl (C=O) groups is 2. The van der Waals surface area contributed by atoms with Crippen LogP contribution >= 0.6 is 0 Å². The molecule has 0 aromatic carbocycles. The van der Waals surface area contributed by atoms with Crippen molar-refractivity contribution in [3.05, 3.63) is 24.3 Å². The van der Waals surface area contributed by atoms with Gasteiger partial charge in [-0.3, -0.25) is 9.59 Å².